The Morgan fingerprint density at radius 3 is 2.42 bits per heavy atom. The predicted octanol–water partition coefficient (Wildman–Crippen LogP) is 4.49. The molecule has 0 amide bonds. The van der Waals surface area contributed by atoms with Crippen molar-refractivity contribution in [2.75, 3.05) is 0 Å². The zero-order chi connectivity index (χ0) is 13.8. The summed E-state index contributed by atoms with van der Waals surface area (Å²) in [7, 11) is 0. The Morgan fingerprint density at radius 1 is 1.00 bits per heavy atom. The Labute approximate surface area is 115 Å². The zero-order valence-corrected chi connectivity index (χ0v) is 12.0. The van der Waals surface area contributed by atoms with Crippen LogP contribution in [0.3, 0.4) is 0 Å². The van der Waals surface area contributed by atoms with Crippen molar-refractivity contribution in [2.45, 2.75) is 33.6 Å². The molecule has 2 aromatic rings. The number of hydrogen-bond donors (Lipinski definition) is 1. The van der Waals surface area contributed by atoms with Gasteiger partial charge in [0.25, 0.3) is 0 Å². The molecular formula is C18H22O. The molecule has 0 saturated heterocycles. The van der Waals surface area contributed by atoms with Crippen LogP contribution in [0.15, 0.2) is 42.5 Å². The summed E-state index contributed by atoms with van der Waals surface area (Å²) < 4.78 is 0. The van der Waals surface area contributed by atoms with Crippen LogP contribution in [-0.2, 0) is 12.8 Å². The summed E-state index contributed by atoms with van der Waals surface area (Å²) in [5, 5.41) is 10.0. The molecule has 1 nitrogen and oxygen atoms in total. The van der Waals surface area contributed by atoms with Crippen molar-refractivity contribution >= 4 is 0 Å². The van der Waals surface area contributed by atoms with Crippen molar-refractivity contribution in [3.63, 3.8) is 0 Å². The lowest BCUT2D eigenvalue weighted by atomic mass is 9.96. The van der Waals surface area contributed by atoms with E-state index in [9.17, 15) is 5.11 Å². The normalized spacial score (nSPS) is 10.9. The highest BCUT2D eigenvalue weighted by Gasteiger charge is 2.07. The van der Waals surface area contributed by atoms with Crippen molar-refractivity contribution in [3.05, 3.63) is 64.7 Å². The van der Waals surface area contributed by atoms with Crippen LogP contribution in [0.4, 0.5) is 0 Å². The molecule has 100 valence electrons. The van der Waals surface area contributed by atoms with Gasteiger partial charge in [0.15, 0.2) is 0 Å². The Kier molecular flexibility index (Phi) is 4.26. The van der Waals surface area contributed by atoms with E-state index in [0.29, 0.717) is 11.7 Å². The van der Waals surface area contributed by atoms with E-state index in [-0.39, 0.29) is 0 Å². The zero-order valence-electron chi connectivity index (χ0n) is 12.0. The van der Waals surface area contributed by atoms with Gasteiger partial charge in [0.05, 0.1) is 0 Å². The van der Waals surface area contributed by atoms with Gasteiger partial charge in [0.2, 0.25) is 0 Å². The number of rotatable bonds is 4. The third-order valence-corrected chi connectivity index (χ3v) is 3.43. The van der Waals surface area contributed by atoms with Gasteiger partial charge in [-0.2, -0.15) is 0 Å². The molecule has 0 aliphatic rings. The number of phenols is 1. The topological polar surface area (TPSA) is 20.2 Å². The molecule has 0 saturated carbocycles. The molecule has 0 atom stereocenters. The molecule has 2 aromatic carbocycles. The van der Waals surface area contributed by atoms with Gasteiger partial charge in [0, 0.05) is 6.42 Å². The molecule has 19 heavy (non-hydrogen) atoms. The first-order chi connectivity index (χ1) is 9.06. The summed E-state index contributed by atoms with van der Waals surface area (Å²) in [6, 6.07) is 14.3. The van der Waals surface area contributed by atoms with Crippen molar-refractivity contribution in [1.29, 1.82) is 0 Å². The van der Waals surface area contributed by atoms with Gasteiger partial charge in [-0.15, -0.1) is 0 Å². The molecule has 0 spiro atoms. The van der Waals surface area contributed by atoms with Gasteiger partial charge >= 0.3 is 0 Å². The van der Waals surface area contributed by atoms with Crippen LogP contribution in [-0.4, -0.2) is 5.11 Å². The minimum absolute atomic E-state index is 0.399. The Morgan fingerprint density at radius 2 is 1.74 bits per heavy atom. The first-order valence-corrected chi connectivity index (χ1v) is 6.91. The molecule has 1 heteroatoms. The van der Waals surface area contributed by atoms with E-state index in [1.54, 1.807) is 0 Å². The van der Waals surface area contributed by atoms with Crippen molar-refractivity contribution in [2.24, 2.45) is 5.92 Å². The highest BCUT2D eigenvalue weighted by atomic mass is 16.3. The van der Waals surface area contributed by atoms with Gasteiger partial charge in [0.1, 0.15) is 5.75 Å². The van der Waals surface area contributed by atoms with Gasteiger partial charge in [-0.1, -0.05) is 50.2 Å². The van der Waals surface area contributed by atoms with Crippen LogP contribution < -0.4 is 0 Å². The van der Waals surface area contributed by atoms with E-state index in [4.69, 9.17) is 0 Å². The lowest BCUT2D eigenvalue weighted by Crippen LogP contribution is -1.97. The number of hydrogen-bond acceptors (Lipinski definition) is 1. The predicted molar refractivity (Wildman–Crippen MR) is 80.6 cm³/mol. The molecule has 0 aliphatic heterocycles. The quantitative estimate of drug-likeness (QED) is 0.852. The van der Waals surface area contributed by atoms with E-state index in [0.717, 1.165) is 18.4 Å². The summed E-state index contributed by atoms with van der Waals surface area (Å²) in [5.41, 5.74) is 4.87. The van der Waals surface area contributed by atoms with Crippen LogP contribution in [0, 0.1) is 12.8 Å². The summed E-state index contributed by atoms with van der Waals surface area (Å²) in [4.78, 5) is 0. The van der Waals surface area contributed by atoms with Gasteiger partial charge in [-0.25, -0.2) is 0 Å². The van der Waals surface area contributed by atoms with E-state index >= 15 is 0 Å². The average molecular weight is 254 g/mol. The lowest BCUT2D eigenvalue weighted by Gasteiger charge is -2.11. The molecule has 0 aromatic heterocycles. The van der Waals surface area contributed by atoms with Crippen LogP contribution in [0.5, 0.6) is 5.75 Å². The van der Waals surface area contributed by atoms with Crippen LogP contribution in [0.1, 0.15) is 36.1 Å². The molecule has 0 bridgehead atoms. The largest absolute Gasteiger partial charge is 0.508 e. The van der Waals surface area contributed by atoms with Crippen LogP contribution >= 0.6 is 0 Å². The standard InChI is InChI=1S/C18H22O/c1-13(2)10-15-8-9-18(19)17(11-15)12-16-7-5-4-6-14(16)3/h4-9,11,13,19H,10,12H2,1-3H3. The third kappa shape index (κ3) is 3.60. The molecule has 2 rings (SSSR count). The fraction of sp³-hybridized carbons (Fsp3) is 0.333. The van der Waals surface area contributed by atoms with Crippen molar-refractivity contribution < 1.29 is 5.11 Å². The minimum atomic E-state index is 0.399. The molecule has 0 radical (unpaired) electrons. The van der Waals surface area contributed by atoms with Crippen molar-refractivity contribution in [3.8, 4) is 5.75 Å². The van der Waals surface area contributed by atoms with Crippen LogP contribution in [0.25, 0.3) is 0 Å². The fourth-order valence-electron chi connectivity index (χ4n) is 2.39. The SMILES string of the molecule is Cc1ccccc1Cc1cc(CC(C)C)ccc1O. The van der Waals surface area contributed by atoms with E-state index < -0.39 is 0 Å². The maximum atomic E-state index is 10.0. The molecular weight excluding hydrogens is 232 g/mol. The maximum Gasteiger partial charge on any atom is 0.119 e. The Hall–Kier alpha value is -1.76. The number of aromatic hydroxyl groups is 1. The number of benzene rings is 2. The van der Waals surface area contributed by atoms with E-state index in [1.807, 2.05) is 18.2 Å². The Bertz CT molecular complexity index is 555. The second-order valence-electron chi connectivity index (χ2n) is 5.66. The lowest BCUT2D eigenvalue weighted by molar-refractivity contribution is 0.469. The molecule has 1 N–H and O–H groups in total. The van der Waals surface area contributed by atoms with Gasteiger partial charge in [-0.05, 0) is 47.6 Å². The molecule has 0 aliphatic carbocycles. The Balaban J connectivity index is 2.26. The highest BCUT2D eigenvalue weighted by Crippen LogP contribution is 2.24. The molecule has 0 heterocycles. The maximum absolute atomic E-state index is 10.0. The minimum Gasteiger partial charge on any atom is -0.508 e. The fourth-order valence-corrected chi connectivity index (χ4v) is 2.39. The van der Waals surface area contributed by atoms with Gasteiger partial charge in [-0.3, -0.25) is 0 Å². The van der Waals surface area contributed by atoms with Crippen LogP contribution in [0.2, 0.25) is 0 Å². The van der Waals surface area contributed by atoms with E-state index in [1.165, 1.54) is 16.7 Å². The molecule has 0 fully saturated rings. The first kappa shape index (κ1) is 13.7. The number of aryl methyl sites for hydroxylation is 1. The summed E-state index contributed by atoms with van der Waals surface area (Å²) in [6.07, 6.45) is 1.85. The third-order valence-electron chi connectivity index (χ3n) is 3.43. The summed E-state index contributed by atoms with van der Waals surface area (Å²) in [5.74, 6) is 1.03. The smallest absolute Gasteiger partial charge is 0.119 e. The van der Waals surface area contributed by atoms with Gasteiger partial charge < -0.3 is 5.11 Å². The highest BCUT2D eigenvalue weighted by molar-refractivity contribution is 5.41. The number of phenolic OH excluding ortho intramolecular Hbond substituents is 1. The summed E-state index contributed by atoms with van der Waals surface area (Å²) in [6.45, 7) is 6.55. The van der Waals surface area contributed by atoms with Crippen molar-refractivity contribution in [1.82, 2.24) is 0 Å². The first-order valence-electron chi connectivity index (χ1n) is 6.91. The molecule has 0 unspecified atom stereocenters. The van der Waals surface area contributed by atoms with E-state index in [2.05, 4.69) is 45.0 Å². The average Bonchev–Trinajstić information content (AvgIpc) is 2.35. The second-order valence-corrected chi connectivity index (χ2v) is 5.66. The monoisotopic (exact) mass is 254 g/mol. The summed E-state index contributed by atoms with van der Waals surface area (Å²) >= 11 is 0. The second kappa shape index (κ2) is 5.92.